The van der Waals surface area contributed by atoms with Gasteiger partial charge in [-0.1, -0.05) is 22.4 Å². The fourth-order valence-corrected chi connectivity index (χ4v) is 3.40. The van der Waals surface area contributed by atoms with Crippen molar-refractivity contribution in [1.29, 1.82) is 0 Å². The Kier molecular flexibility index (Phi) is 4.44. The maximum atomic E-state index is 5.97. The minimum absolute atomic E-state index is 0.636. The lowest BCUT2D eigenvalue weighted by atomic mass is 9.86. The number of ether oxygens (including phenoxy) is 1. The van der Waals surface area contributed by atoms with Crippen LogP contribution in [0.2, 0.25) is 0 Å². The molecule has 0 radical (unpaired) electrons. The van der Waals surface area contributed by atoms with Gasteiger partial charge in [-0.15, -0.1) is 0 Å². The molecule has 1 aliphatic heterocycles. The Balaban J connectivity index is 1.67. The van der Waals surface area contributed by atoms with Crippen molar-refractivity contribution in [1.82, 2.24) is 5.32 Å². The molecular weight excluding hydrogens is 302 g/mol. The zero-order valence-electron chi connectivity index (χ0n) is 11.3. The van der Waals surface area contributed by atoms with Gasteiger partial charge in [-0.05, 0) is 67.8 Å². The van der Waals surface area contributed by atoms with Gasteiger partial charge < -0.3 is 10.1 Å². The minimum atomic E-state index is 0.636. The second-order valence-electron chi connectivity index (χ2n) is 5.87. The van der Waals surface area contributed by atoms with E-state index in [4.69, 9.17) is 4.74 Å². The lowest BCUT2D eigenvalue weighted by Gasteiger charge is -2.26. The Bertz CT molecular complexity index is 425. The van der Waals surface area contributed by atoms with Crippen LogP contribution in [0.25, 0.3) is 0 Å². The second-order valence-corrected chi connectivity index (χ2v) is 6.79. The van der Waals surface area contributed by atoms with Crippen LogP contribution in [0.15, 0.2) is 22.7 Å². The SMILES string of the molecule is Brc1cc(OCC2CCC2)cc(C2CCCNC2)c1. The average Bonchev–Trinajstić information content (AvgIpc) is 2.37. The van der Waals surface area contributed by atoms with Crippen LogP contribution in [-0.4, -0.2) is 19.7 Å². The lowest BCUT2D eigenvalue weighted by Crippen LogP contribution is -2.28. The van der Waals surface area contributed by atoms with E-state index in [0.717, 1.165) is 35.8 Å². The first-order valence-corrected chi connectivity index (χ1v) is 8.24. The fourth-order valence-electron chi connectivity index (χ4n) is 2.91. The number of hydrogen-bond acceptors (Lipinski definition) is 2. The Morgan fingerprint density at radius 3 is 2.74 bits per heavy atom. The van der Waals surface area contributed by atoms with Crippen molar-refractivity contribution in [2.45, 2.75) is 38.0 Å². The van der Waals surface area contributed by atoms with Crippen molar-refractivity contribution in [3.8, 4) is 5.75 Å². The summed E-state index contributed by atoms with van der Waals surface area (Å²) in [5, 5.41) is 3.48. The maximum absolute atomic E-state index is 5.97. The number of piperidine rings is 1. The van der Waals surface area contributed by atoms with E-state index in [2.05, 4.69) is 39.4 Å². The van der Waals surface area contributed by atoms with Gasteiger partial charge in [-0.3, -0.25) is 0 Å². The molecular formula is C16H22BrNO. The second kappa shape index (κ2) is 6.27. The van der Waals surface area contributed by atoms with E-state index in [1.165, 1.54) is 37.7 Å². The molecule has 0 spiro atoms. The molecule has 0 aromatic heterocycles. The zero-order valence-corrected chi connectivity index (χ0v) is 12.9. The number of nitrogens with one attached hydrogen (secondary N) is 1. The van der Waals surface area contributed by atoms with Crippen molar-refractivity contribution in [3.05, 3.63) is 28.2 Å². The normalized spacial score (nSPS) is 23.9. The first kappa shape index (κ1) is 13.4. The van der Waals surface area contributed by atoms with Crippen LogP contribution in [0.3, 0.4) is 0 Å². The molecule has 1 heterocycles. The highest BCUT2D eigenvalue weighted by atomic mass is 79.9. The summed E-state index contributed by atoms with van der Waals surface area (Å²) in [6, 6.07) is 6.58. The molecule has 0 amide bonds. The van der Waals surface area contributed by atoms with Crippen molar-refractivity contribution >= 4 is 15.9 Å². The third kappa shape index (κ3) is 3.51. The summed E-state index contributed by atoms with van der Waals surface area (Å²) in [5.74, 6) is 2.46. The highest BCUT2D eigenvalue weighted by molar-refractivity contribution is 9.10. The molecule has 1 unspecified atom stereocenters. The van der Waals surface area contributed by atoms with Crippen LogP contribution in [0.5, 0.6) is 5.75 Å². The lowest BCUT2D eigenvalue weighted by molar-refractivity contribution is 0.180. The molecule has 1 atom stereocenters. The van der Waals surface area contributed by atoms with Gasteiger partial charge >= 0.3 is 0 Å². The number of halogens is 1. The van der Waals surface area contributed by atoms with Gasteiger partial charge in [0, 0.05) is 11.0 Å². The van der Waals surface area contributed by atoms with Gasteiger partial charge in [0.1, 0.15) is 5.75 Å². The van der Waals surface area contributed by atoms with Gasteiger partial charge in [0.05, 0.1) is 6.61 Å². The molecule has 2 fully saturated rings. The van der Waals surface area contributed by atoms with Gasteiger partial charge in [-0.25, -0.2) is 0 Å². The zero-order chi connectivity index (χ0) is 13.1. The van der Waals surface area contributed by atoms with Crippen LogP contribution in [0.4, 0.5) is 0 Å². The standard InChI is InChI=1S/C16H22BrNO/c17-15-7-14(13-5-2-6-18-10-13)8-16(9-15)19-11-12-3-1-4-12/h7-9,12-13,18H,1-6,10-11H2. The molecule has 19 heavy (non-hydrogen) atoms. The molecule has 1 aliphatic carbocycles. The molecule has 1 saturated heterocycles. The Morgan fingerprint density at radius 1 is 1.16 bits per heavy atom. The summed E-state index contributed by atoms with van der Waals surface area (Å²) in [6.45, 7) is 3.15. The molecule has 0 bridgehead atoms. The summed E-state index contributed by atoms with van der Waals surface area (Å²) in [6.07, 6.45) is 6.62. The van der Waals surface area contributed by atoms with Crippen LogP contribution >= 0.6 is 15.9 Å². The van der Waals surface area contributed by atoms with Gasteiger partial charge in [0.2, 0.25) is 0 Å². The van der Waals surface area contributed by atoms with Gasteiger partial charge in [0.25, 0.3) is 0 Å². The van der Waals surface area contributed by atoms with Crippen LogP contribution < -0.4 is 10.1 Å². The summed E-state index contributed by atoms with van der Waals surface area (Å²) < 4.78 is 7.11. The highest BCUT2D eigenvalue weighted by Gasteiger charge is 2.19. The first-order chi connectivity index (χ1) is 9.31. The monoisotopic (exact) mass is 323 g/mol. The predicted octanol–water partition coefficient (Wildman–Crippen LogP) is 4.10. The molecule has 2 aliphatic rings. The van der Waals surface area contributed by atoms with Crippen molar-refractivity contribution in [2.75, 3.05) is 19.7 Å². The Labute approximate surface area is 124 Å². The van der Waals surface area contributed by atoms with E-state index in [0.29, 0.717) is 5.92 Å². The summed E-state index contributed by atoms with van der Waals surface area (Å²) in [5.41, 5.74) is 1.41. The number of hydrogen-bond donors (Lipinski definition) is 1. The number of benzene rings is 1. The molecule has 2 nitrogen and oxygen atoms in total. The highest BCUT2D eigenvalue weighted by Crippen LogP contribution is 2.31. The van der Waals surface area contributed by atoms with E-state index < -0.39 is 0 Å². The third-order valence-electron chi connectivity index (χ3n) is 4.37. The smallest absolute Gasteiger partial charge is 0.120 e. The molecule has 3 rings (SSSR count). The molecule has 1 N–H and O–H groups in total. The van der Waals surface area contributed by atoms with E-state index >= 15 is 0 Å². The minimum Gasteiger partial charge on any atom is -0.493 e. The summed E-state index contributed by atoms with van der Waals surface area (Å²) >= 11 is 3.62. The third-order valence-corrected chi connectivity index (χ3v) is 4.83. The Hall–Kier alpha value is -0.540. The fraction of sp³-hybridized carbons (Fsp3) is 0.625. The molecule has 3 heteroatoms. The maximum Gasteiger partial charge on any atom is 0.120 e. The molecule has 1 saturated carbocycles. The predicted molar refractivity (Wildman–Crippen MR) is 81.8 cm³/mol. The van der Waals surface area contributed by atoms with Crippen molar-refractivity contribution in [2.24, 2.45) is 5.92 Å². The van der Waals surface area contributed by atoms with E-state index in [9.17, 15) is 0 Å². The van der Waals surface area contributed by atoms with E-state index in [1.807, 2.05) is 0 Å². The van der Waals surface area contributed by atoms with Crippen LogP contribution in [-0.2, 0) is 0 Å². The van der Waals surface area contributed by atoms with Crippen molar-refractivity contribution in [3.63, 3.8) is 0 Å². The average molecular weight is 324 g/mol. The van der Waals surface area contributed by atoms with Gasteiger partial charge in [-0.2, -0.15) is 0 Å². The van der Waals surface area contributed by atoms with Crippen molar-refractivity contribution < 1.29 is 4.74 Å². The van der Waals surface area contributed by atoms with Crippen LogP contribution in [0, 0.1) is 5.92 Å². The molecule has 1 aromatic carbocycles. The quantitative estimate of drug-likeness (QED) is 0.900. The first-order valence-electron chi connectivity index (χ1n) is 7.45. The van der Waals surface area contributed by atoms with E-state index in [-0.39, 0.29) is 0 Å². The van der Waals surface area contributed by atoms with Gasteiger partial charge in [0.15, 0.2) is 0 Å². The van der Waals surface area contributed by atoms with Crippen LogP contribution in [0.1, 0.15) is 43.6 Å². The Morgan fingerprint density at radius 2 is 2.05 bits per heavy atom. The molecule has 1 aromatic rings. The van der Waals surface area contributed by atoms with E-state index in [1.54, 1.807) is 0 Å². The largest absolute Gasteiger partial charge is 0.493 e. The number of rotatable bonds is 4. The molecule has 104 valence electrons. The summed E-state index contributed by atoms with van der Waals surface area (Å²) in [4.78, 5) is 0. The summed E-state index contributed by atoms with van der Waals surface area (Å²) in [7, 11) is 0. The topological polar surface area (TPSA) is 21.3 Å².